The van der Waals surface area contributed by atoms with Crippen LogP contribution in [0.5, 0.6) is 0 Å². The van der Waals surface area contributed by atoms with Crippen molar-refractivity contribution in [3.63, 3.8) is 0 Å². The molecule has 11 heteroatoms. The van der Waals surface area contributed by atoms with Crippen molar-refractivity contribution in [2.45, 2.75) is 57.1 Å². The summed E-state index contributed by atoms with van der Waals surface area (Å²) >= 11 is 3.78. The Morgan fingerprint density at radius 2 is 2.19 bits per heavy atom. The van der Waals surface area contributed by atoms with Gasteiger partial charge in [0.25, 0.3) is 0 Å². The largest absolute Gasteiger partial charge is 0.582 e. The van der Waals surface area contributed by atoms with Crippen LogP contribution in [0.25, 0.3) is 0 Å². The molecule has 146 valence electrons. The molecule has 9 nitrogen and oxygen atoms in total. The summed E-state index contributed by atoms with van der Waals surface area (Å²) in [6.45, 7) is 2.15. The number of anilines is 1. The van der Waals surface area contributed by atoms with E-state index in [-0.39, 0.29) is 12.4 Å². The molecule has 1 fully saturated rings. The molecule has 1 aromatic heterocycles. The predicted octanol–water partition coefficient (Wildman–Crippen LogP) is 1.65. The second-order valence-electron chi connectivity index (χ2n) is 5.99. The van der Waals surface area contributed by atoms with Gasteiger partial charge < -0.3 is 20.3 Å². The van der Waals surface area contributed by atoms with Gasteiger partial charge >= 0.3 is 12.9 Å². The van der Waals surface area contributed by atoms with Gasteiger partial charge in [-0.3, -0.25) is 4.57 Å². The molecule has 1 saturated heterocycles. The fourth-order valence-electron chi connectivity index (χ4n) is 2.86. The maximum atomic E-state index is 12.2. The molecule has 5 atom stereocenters. The average Bonchev–Trinajstić information content (AvgIpc) is 2.91. The highest BCUT2D eigenvalue weighted by Gasteiger charge is 2.51. The molecule has 0 radical (unpaired) electrons. The molecule has 1 aliphatic heterocycles. The number of nitrogens with two attached hydrogens (primary N) is 1. The average molecular weight is 406 g/mol. The molecule has 1 aliphatic rings. The van der Waals surface area contributed by atoms with Crippen LogP contribution in [-0.4, -0.2) is 46.2 Å². The second-order valence-corrected chi connectivity index (χ2v) is 7.66. The van der Waals surface area contributed by atoms with Crippen LogP contribution in [0.3, 0.4) is 0 Å². The summed E-state index contributed by atoms with van der Waals surface area (Å²) in [5, 5.41) is 9.58. The number of nitrogen functional groups attached to an aromatic ring is 1. The summed E-state index contributed by atoms with van der Waals surface area (Å²) < 4.78 is 29.7. The minimum Gasteiger partial charge on any atom is -0.394 e. The zero-order valence-corrected chi connectivity index (χ0v) is 16.4. The fourth-order valence-corrected chi connectivity index (χ4v) is 3.65. The normalized spacial score (nSPS) is 26.2. The first-order chi connectivity index (χ1) is 12.5. The fraction of sp³-hybridized carbons (Fsp3) is 0.733. The summed E-state index contributed by atoms with van der Waals surface area (Å²) in [7, 11) is -2.25. The minimum absolute atomic E-state index is 0.0891. The Morgan fingerprint density at radius 3 is 2.81 bits per heavy atom. The number of aromatic nitrogens is 2. The van der Waals surface area contributed by atoms with Crippen LogP contribution in [0.4, 0.5) is 5.82 Å². The van der Waals surface area contributed by atoms with Crippen molar-refractivity contribution in [3.05, 3.63) is 22.7 Å². The Hall–Kier alpha value is -1.03. The Kier molecular flexibility index (Phi) is 8.46. The monoisotopic (exact) mass is 406 g/mol. The number of hydrogen-bond donors (Lipinski definition) is 3. The van der Waals surface area contributed by atoms with E-state index in [1.165, 1.54) is 16.8 Å². The van der Waals surface area contributed by atoms with Crippen molar-refractivity contribution in [1.82, 2.24) is 9.55 Å². The van der Waals surface area contributed by atoms with Gasteiger partial charge in [0.15, 0.2) is 12.3 Å². The lowest BCUT2D eigenvalue weighted by Gasteiger charge is -2.22. The predicted molar refractivity (Wildman–Crippen MR) is 99.3 cm³/mol. The number of unbranched alkanes of at least 4 members (excludes halogenated alkanes) is 3. The summed E-state index contributed by atoms with van der Waals surface area (Å²) in [4.78, 5) is 15.9. The van der Waals surface area contributed by atoms with E-state index in [4.69, 9.17) is 19.7 Å². The number of aliphatic hydroxyl groups is 1. The van der Waals surface area contributed by atoms with Gasteiger partial charge in [0, 0.05) is 12.8 Å². The van der Waals surface area contributed by atoms with Gasteiger partial charge in [0.2, 0.25) is 0 Å². The second kappa shape index (κ2) is 10.3. The lowest BCUT2D eigenvalue weighted by atomic mass is 10.1. The maximum absolute atomic E-state index is 12.2. The number of thiol groups is 1. The molecule has 0 bridgehead atoms. The highest BCUT2D eigenvalue weighted by molar-refractivity contribution is 8.39. The van der Waals surface area contributed by atoms with E-state index in [9.17, 15) is 14.5 Å². The van der Waals surface area contributed by atoms with E-state index >= 15 is 0 Å². The topological polar surface area (TPSA) is 126 Å². The van der Waals surface area contributed by atoms with E-state index in [1.807, 2.05) is 0 Å². The maximum Gasteiger partial charge on any atom is 0.582 e. The number of rotatable bonds is 10. The van der Waals surface area contributed by atoms with Crippen LogP contribution in [0.1, 0.15) is 38.8 Å². The van der Waals surface area contributed by atoms with Gasteiger partial charge in [-0.25, -0.2) is 4.79 Å². The molecule has 2 unspecified atom stereocenters. The molecule has 0 aliphatic carbocycles. The summed E-state index contributed by atoms with van der Waals surface area (Å²) in [5.41, 5.74) is 4.92. The van der Waals surface area contributed by atoms with Gasteiger partial charge in [-0.1, -0.05) is 26.2 Å². The van der Waals surface area contributed by atoms with Gasteiger partial charge in [-0.15, -0.1) is 4.52 Å². The summed E-state index contributed by atoms with van der Waals surface area (Å²) in [6, 6.07) is 1.46. The Morgan fingerprint density at radius 1 is 1.42 bits per heavy atom. The highest BCUT2D eigenvalue weighted by atomic mass is 32.7. The van der Waals surface area contributed by atoms with Crippen molar-refractivity contribution in [3.8, 4) is 0 Å². The number of ether oxygens (including phenoxy) is 2. The highest BCUT2D eigenvalue weighted by Crippen LogP contribution is 2.40. The lowest BCUT2D eigenvalue weighted by molar-refractivity contribution is -0.0742. The van der Waals surface area contributed by atoms with Crippen molar-refractivity contribution < 1.29 is 23.7 Å². The molecule has 0 saturated carbocycles. The molecule has 0 aromatic carbocycles. The molecule has 0 amide bonds. The molecule has 0 spiro atoms. The van der Waals surface area contributed by atoms with Crippen molar-refractivity contribution in [2.75, 3.05) is 18.9 Å². The Labute approximate surface area is 157 Å². The summed E-state index contributed by atoms with van der Waals surface area (Å²) in [5.74, 6) is 0.0891. The van der Waals surface area contributed by atoms with Crippen LogP contribution in [-0.2, 0) is 18.6 Å². The van der Waals surface area contributed by atoms with E-state index in [2.05, 4.69) is 24.2 Å². The summed E-state index contributed by atoms with van der Waals surface area (Å²) in [6.07, 6.45) is 2.20. The molecular weight excluding hydrogens is 381 g/mol. The lowest BCUT2D eigenvalue weighted by Crippen LogP contribution is -2.39. The first kappa shape index (κ1) is 21.3. The standard InChI is InChI=1S/C15H24N3O6PS/c1-2-3-4-5-8-22-13-12(24-25(21)26)10(9-19)23-14(13)18-7-6-11(16)17-15(18)20/h6-7,10,12-14,19H,2-5,8-9H2,1H3,(H2-,16,17,20,21,26)/p+1/t10-,12?,13+,14-/m1/s1. The zero-order chi connectivity index (χ0) is 19.1. The van der Waals surface area contributed by atoms with Gasteiger partial charge in [-0.2, -0.15) is 4.98 Å². The van der Waals surface area contributed by atoms with Crippen molar-refractivity contribution in [2.24, 2.45) is 0 Å². The number of hydrogen-bond acceptors (Lipinski definition) is 8. The van der Waals surface area contributed by atoms with Crippen LogP contribution in [0, 0.1) is 0 Å². The van der Waals surface area contributed by atoms with E-state index in [0.29, 0.717) is 6.61 Å². The van der Waals surface area contributed by atoms with Gasteiger partial charge in [0.05, 0.1) is 6.61 Å². The van der Waals surface area contributed by atoms with Gasteiger partial charge in [-0.05, 0) is 17.1 Å². The smallest absolute Gasteiger partial charge is 0.394 e. The SMILES string of the molecule is CCCCCCO[C@H]1C(O[P+](=O)S)[C@@H](CO)O[C@H]1n1ccc(N)nc1=O. The molecule has 26 heavy (non-hydrogen) atoms. The molecule has 3 N–H and O–H groups in total. The van der Waals surface area contributed by atoms with Crippen LogP contribution in [0.2, 0.25) is 0 Å². The van der Waals surface area contributed by atoms with Crippen molar-refractivity contribution >= 4 is 25.3 Å². The molecule has 1 aromatic rings. The number of aliphatic hydroxyl groups excluding tert-OH is 1. The van der Waals surface area contributed by atoms with Gasteiger partial charge in [0.1, 0.15) is 30.3 Å². The van der Waals surface area contributed by atoms with Crippen molar-refractivity contribution in [1.29, 1.82) is 0 Å². The van der Waals surface area contributed by atoms with E-state index in [1.54, 1.807) is 0 Å². The quantitative estimate of drug-likeness (QED) is 0.304. The third-order valence-electron chi connectivity index (χ3n) is 4.11. The third kappa shape index (κ3) is 5.48. The minimum atomic E-state index is -2.25. The molecule has 2 rings (SSSR count). The first-order valence-corrected chi connectivity index (χ1v) is 10.9. The Bertz CT molecular complexity index is 661. The molecular formula is C15H25N3O6PS+. The third-order valence-corrected chi connectivity index (χ3v) is 4.82. The Balaban J connectivity index is 2.21. The van der Waals surface area contributed by atoms with Crippen LogP contribution in [0.15, 0.2) is 17.1 Å². The van der Waals surface area contributed by atoms with Crippen LogP contribution < -0.4 is 11.4 Å². The van der Waals surface area contributed by atoms with E-state index < -0.39 is 37.5 Å². The van der Waals surface area contributed by atoms with E-state index in [0.717, 1.165) is 25.7 Å². The first-order valence-electron chi connectivity index (χ1n) is 8.53. The number of nitrogens with zero attached hydrogens (tertiary/aromatic N) is 2. The zero-order valence-electron chi connectivity index (χ0n) is 14.6. The van der Waals surface area contributed by atoms with Crippen LogP contribution >= 0.6 is 19.5 Å². The molecule has 2 heterocycles.